The Morgan fingerprint density at radius 3 is 2.92 bits per heavy atom. The molecule has 1 aromatic heterocycles. The zero-order chi connectivity index (χ0) is 16.8. The Hall–Kier alpha value is -1.86. The van der Waals surface area contributed by atoms with Crippen molar-refractivity contribution in [2.45, 2.75) is 43.6 Å². The highest BCUT2D eigenvalue weighted by molar-refractivity contribution is 7.99. The predicted molar refractivity (Wildman–Crippen MR) is 92.0 cm³/mol. The monoisotopic (exact) mass is 347 g/mol. The number of hydrogen-bond acceptors (Lipinski definition) is 6. The smallest absolute Gasteiger partial charge is 0.322 e. The van der Waals surface area contributed by atoms with Gasteiger partial charge in [0.25, 0.3) is 0 Å². The summed E-state index contributed by atoms with van der Waals surface area (Å²) in [6.07, 6.45) is 2.96. The molecule has 128 valence electrons. The molecule has 1 amide bonds. The fourth-order valence-electron chi connectivity index (χ4n) is 2.43. The second-order valence-corrected chi connectivity index (χ2v) is 6.93. The third-order valence-electron chi connectivity index (χ3n) is 3.73. The summed E-state index contributed by atoms with van der Waals surface area (Å²) in [5.41, 5.74) is 1.25. The molecule has 0 saturated carbocycles. The number of ether oxygens (including phenoxy) is 1. The number of rotatable bonds is 7. The maximum Gasteiger partial charge on any atom is 0.322 e. The Kier molecular flexibility index (Phi) is 5.87. The Labute approximate surface area is 145 Å². The quantitative estimate of drug-likeness (QED) is 0.607. The fourth-order valence-corrected chi connectivity index (χ4v) is 3.28. The van der Waals surface area contributed by atoms with E-state index in [1.165, 1.54) is 10.5 Å². The van der Waals surface area contributed by atoms with Crippen molar-refractivity contribution in [1.29, 1.82) is 0 Å². The fraction of sp³-hybridized carbons (Fsp3) is 0.471. The van der Waals surface area contributed by atoms with E-state index in [0.717, 1.165) is 25.0 Å². The van der Waals surface area contributed by atoms with Crippen molar-refractivity contribution in [2.24, 2.45) is 0 Å². The van der Waals surface area contributed by atoms with Crippen molar-refractivity contribution in [1.82, 2.24) is 10.2 Å². The molecule has 0 bridgehead atoms. The van der Waals surface area contributed by atoms with Gasteiger partial charge in [-0.05, 0) is 44.1 Å². The first-order valence-electron chi connectivity index (χ1n) is 8.15. The van der Waals surface area contributed by atoms with Crippen molar-refractivity contribution in [3.63, 3.8) is 0 Å². The molecular formula is C17H21N3O3S. The van der Waals surface area contributed by atoms with Gasteiger partial charge in [0.2, 0.25) is 11.8 Å². The van der Waals surface area contributed by atoms with Crippen LogP contribution in [0.25, 0.3) is 0 Å². The van der Waals surface area contributed by atoms with E-state index < -0.39 is 0 Å². The van der Waals surface area contributed by atoms with E-state index in [-0.39, 0.29) is 18.0 Å². The minimum Gasteiger partial charge on any atom is -0.405 e. The average molecular weight is 347 g/mol. The van der Waals surface area contributed by atoms with Gasteiger partial charge in [-0.2, -0.15) is 0 Å². The van der Waals surface area contributed by atoms with E-state index in [4.69, 9.17) is 9.15 Å². The Bertz CT molecular complexity index is 666. The number of benzene rings is 1. The third-order valence-corrected chi connectivity index (χ3v) is 4.83. The van der Waals surface area contributed by atoms with E-state index in [1.54, 1.807) is 11.8 Å². The van der Waals surface area contributed by atoms with Crippen LogP contribution < -0.4 is 5.32 Å². The largest absolute Gasteiger partial charge is 0.405 e. The molecule has 1 saturated heterocycles. The summed E-state index contributed by atoms with van der Waals surface area (Å²) in [5, 5.41) is 10.4. The molecule has 24 heavy (non-hydrogen) atoms. The van der Waals surface area contributed by atoms with Crippen LogP contribution in [0.4, 0.5) is 6.01 Å². The molecule has 1 aromatic carbocycles. The summed E-state index contributed by atoms with van der Waals surface area (Å²) in [4.78, 5) is 13.1. The number of nitrogens with one attached hydrogen (secondary N) is 1. The summed E-state index contributed by atoms with van der Waals surface area (Å²) in [6.45, 7) is 2.79. The van der Waals surface area contributed by atoms with Gasteiger partial charge in [-0.1, -0.05) is 22.8 Å². The van der Waals surface area contributed by atoms with Crippen LogP contribution in [0.2, 0.25) is 0 Å². The topological polar surface area (TPSA) is 77.2 Å². The molecule has 1 N–H and O–H groups in total. The lowest BCUT2D eigenvalue weighted by Gasteiger charge is -2.03. The van der Waals surface area contributed by atoms with Gasteiger partial charge in [-0.3, -0.25) is 10.1 Å². The normalized spacial score (nSPS) is 17.1. The zero-order valence-corrected chi connectivity index (χ0v) is 14.5. The molecule has 1 atom stereocenters. The lowest BCUT2D eigenvalue weighted by atomic mass is 10.2. The minimum absolute atomic E-state index is 0.109. The molecule has 0 radical (unpaired) electrons. The van der Waals surface area contributed by atoms with Crippen molar-refractivity contribution in [3.05, 3.63) is 35.7 Å². The second-order valence-electron chi connectivity index (χ2n) is 5.76. The SMILES string of the molecule is Cc1ccc(SCCCC(=O)Nc2nnc(C3CCCO3)o2)cc1. The molecule has 1 unspecified atom stereocenters. The molecule has 1 aliphatic heterocycles. The molecular weight excluding hydrogens is 326 g/mol. The molecule has 2 heterocycles. The van der Waals surface area contributed by atoms with Gasteiger partial charge in [0, 0.05) is 17.9 Å². The Morgan fingerprint density at radius 2 is 2.17 bits per heavy atom. The highest BCUT2D eigenvalue weighted by atomic mass is 32.2. The van der Waals surface area contributed by atoms with Crippen molar-refractivity contribution < 1.29 is 13.9 Å². The Morgan fingerprint density at radius 1 is 1.33 bits per heavy atom. The predicted octanol–water partition coefficient (Wildman–Crippen LogP) is 3.74. The number of anilines is 1. The van der Waals surface area contributed by atoms with Gasteiger partial charge in [0.1, 0.15) is 6.10 Å². The molecule has 3 rings (SSSR count). The number of nitrogens with zero attached hydrogens (tertiary/aromatic N) is 2. The van der Waals surface area contributed by atoms with Crippen LogP contribution >= 0.6 is 11.8 Å². The lowest BCUT2D eigenvalue weighted by Crippen LogP contribution is -2.11. The van der Waals surface area contributed by atoms with Crippen LogP contribution in [0.3, 0.4) is 0 Å². The van der Waals surface area contributed by atoms with Gasteiger partial charge >= 0.3 is 6.01 Å². The van der Waals surface area contributed by atoms with Gasteiger partial charge in [-0.25, -0.2) is 0 Å². The maximum absolute atomic E-state index is 11.9. The molecule has 7 heteroatoms. The second kappa shape index (κ2) is 8.30. The third kappa shape index (κ3) is 4.82. The number of hydrogen-bond donors (Lipinski definition) is 1. The zero-order valence-electron chi connectivity index (χ0n) is 13.7. The van der Waals surface area contributed by atoms with Crippen LogP contribution in [0, 0.1) is 6.92 Å². The highest BCUT2D eigenvalue weighted by Gasteiger charge is 2.23. The van der Waals surface area contributed by atoms with E-state index in [1.807, 2.05) is 0 Å². The maximum atomic E-state index is 11.9. The van der Waals surface area contributed by atoms with Crippen molar-refractivity contribution in [2.75, 3.05) is 17.7 Å². The van der Waals surface area contributed by atoms with Crippen LogP contribution in [0.1, 0.15) is 43.2 Å². The average Bonchev–Trinajstić information content (AvgIpc) is 3.24. The molecule has 2 aromatic rings. The molecule has 0 spiro atoms. The summed E-state index contributed by atoms with van der Waals surface area (Å²) < 4.78 is 10.9. The summed E-state index contributed by atoms with van der Waals surface area (Å²) in [6, 6.07) is 8.54. The first kappa shape index (κ1) is 17.0. The van der Waals surface area contributed by atoms with E-state index >= 15 is 0 Å². The summed E-state index contributed by atoms with van der Waals surface area (Å²) in [5.74, 6) is 1.22. The summed E-state index contributed by atoms with van der Waals surface area (Å²) >= 11 is 1.75. The number of aromatic nitrogens is 2. The number of carbonyl (C=O) groups excluding carboxylic acids is 1. The van der Waals surface area contributed by atoms with Crippen LogP contribution in [0.5, 0.6) is 0 Å². The molecule has 1 fully saturated rings. The number of aryl methyl sites for hydroxylation is 1. The van der Waals surface area contributed by atoms with Crippen LogP contribution in [-0.4, -0.2) is 28.5 Å². The summed E-state index contributed by atoms with van der Waals surface area (Å²) in [7, 11) is 0. The first-order valence-corrected chi connectivity index (χ1v) is 9.13. The van der Waals surface area contributed by atoms with Gasteiger partial charge < -0.3 is 9.15 Å². The van der Waals surface area contributed by atoms with E-state index in [2.05, 4.69) is 46.7 Å². The highest BCUT2D eigenvalue weighted by Crippen LogP contribution is 2.28. The number of carbonyl (C=O) groups is 1. The first-order chi connectivity index (χ1) is 11.7. The lowest BCUT2D eigenvalue weighted by molar-refractivity contribution is -0.116. The number of thioether (sulfide) groups is 1. The van der Waals surface area contributed by atoms with E-state index in [0.29, 0.717) is 18.9 Å². The minimum atomic E-state index is -0.130. The standard InChI is InChI=1S/C17H21N3O3S/c1-12-6-8-13(9-7-12)24-11-3-5-15(21)18-17-20-19-16(23-17)14-4-2-10-22-14/h6-9,14H,2-5,10-11H2,1H3,(H,18,20,21). The van der Waals surface area contributed by atoms with Gasteiger partial charge in [0.05, 0.1) is 0 Å². The Balaban J connectivity index is 1.37. The van der Waals surface area contributed by atoms with E-state index in [9.17, 15) is 4.79 Å². The van der Waals surface area contributed by atoms with Crippen LogP contribution in [0.15, 0.2) is 33.6 Å². The number of amides is 1. The molecule has 6 nitrogen and oxygen atoms in total. The molecule has 0 aliphatic carbocycles. The van der Waals surface area contributed by atoms with Crippen LogP contribution in [-0.2, 0) is 9.53 Å². The van der Waals surface area contributed by atoms with Gasteiger partial charge in [0.15, 0.2) is 0 Å². The van der Waals surface area contributed by atoms with Crippen molar-refractivity contribution >= 4 is 23.7 Å². The van der Waals surface area contributed by atoms with Gasteiger partial charge in [-0.15, -0.1) is 16.9 Å². The molecule has 1 aliphatic rings. The van der Waals surface area contributed by atoms with Crippen molar-refractivity contribution in [3.8, 4) is 0 Å².